The van der Waals surface area contributed by atoms with E-state index in [0.29, 0.717) is 12.0 Å². The van der Waals surface area contributed by atoms with Gasteiger partial charge in [-0.25, -0.2) is 4.39 Å². The van der Waals surface area contributed by atoms with E-state index >= 15 is 0 Å². The molecule has 0 saturated heterocycles. The van der Waals surface area contributed by atoms with Crippen LogP contribution in [-0.4, -0.2) is 5.11 Å². The van der Waals surface area contributed by atoms with Gasteiger partial charge in [-0.2, -0.15) is 0 Å². The highest BCUT2D eigenvalue weighted by atomic mass is 35.5. The van der Waals surface area contributed by atoms with Gasteiger partial charge in [-0.05, 0) is 37.5 Å². The maximum absolute atomic E-state index is 13.1. The van der Waals surface area contributed by atoms with Crippen molar-refractivity contribution in [3.8, 4) is 0 Å². The van der Waals surface area contributed by atoms with Crippen molar-refractivity contribution in [1.82, 2.24) is 0 Å². The van der Waals surface area contributed by atoms with Crippen LogP contribution in [0.1, 0.15) is 31.4 Å². The lowest BCUT2D eigenvalue weighted by Gasteiger charge is -2.11. The Kier molecular flexibility index (Phi) is 4.30. The molecule has 15 heavy (non-hydrogen) atoms. The van der Waals surface area contributed by atoms with Gasteiger partial charge in [-0.15, -0.1) is 6.58 Å². The zero-order valence-corrected chi connectivity index (χ0v) is 9.39. The van der Waals surface area contributed by atoms with Crippen LogP contribution < -0.4 is 0 Å². The summed E-state index contributed by atoms with van der Waals surface area (Å²) in [7, 11) is 0. The minimum Gasteiger partial charge on any atom is -0.388 e. The van der Waals surface area contributed by atoms with Crippen molar-refractivity contribution < 1.29 is 9.50 Å². The van der Waals surface area contributed by atoms with Crippen molar-refractivity contribution in [1.29, 1.82) is 0 Å². The van der Waals surface area contributed by atoms with Gasteiger partial charge in [0.05, 0.1) is 11.1 Å². The highest BCUT2D eigenvalue weighted by molar-refractivity contribution is 6.30. The number of aliphatic hydroxyl groups excluding tert-OH is 1. The fourth-order valence-corrected chi connectivity index (χ4v) is 1.39. The van der Waals surface area contributed by atoms with E-state index in [1.54, 1.807) is 6.07 Å². The fourth-order valence-electron chi connectivity index (χ4n) is 1.27. The highest BCUT2D eigenvalue weighted by Crippen LogP contribution is 2.23. The Balaban J connectivity index is 2.69. The van der Waals surface area contributed by atoms with E-state index in [4.69, 9.17) is 11.6 Å². The van der Waals surface area contributed by atoms with Crippen molar-refractivity contribution in [2.45, 2.75) is 25.9 Å². The van der Waals surface area contributed by atoms with Crippen LogP contribution in [0, 0.1) is 5.82 Å². The average Bonchev–Trinajstić information content (AvgIpc) is 2.18. The summed E-state index contributed by atoms with van der Waals surface area (Å²) < 4.78 is 13.1. The molecule has 3 heteroatoms. The summed E-state index contributed by atoms with van der Waals surface area (Å²) in [5.41, 5.74) is 1.56. The van der Waals surface area contributed by atoms with Crippen LogP contribution >= 0.6 is 11.6 Å². The Labute approximate surface area is 94.2 Å². The predicted octanol–water partition coefficient (Wildman–Crippen LogP) is 3.87. The molecule has 0 bridgehead atoms. The van der Waals surface area contributed by atoms with E-state index in [0.717, 1.165) is 12.0 Å². The molecule has 0 aliphatic rings. The summed E-state index contributed by atoms with van der Waals surface area (Å²) in [6.07, 6.45) is 0.621. The SMILES string of the molecule is C=C(C)CCC(O)c1ccc(Cl)c(F)c1. The third-order valence-electron chi connectivity index (χ3n) is 2.17. The standard InChI is InChI=1S/C12H14ClFO/c1-8(2)3-6-12(15)9-4-5-10(13)11(14)7-9/h4-5,7,12,15H,1,3,6H2,2H3. The normalized spacial score (nSPS) is 12.5. The van der Waals surface area contributed by atoms with Gasteiger partial charge in [0.25, 0.3) is 0 Å². The van der Waals surface area contributed by atoms with E-state index in [1.807, 2.05) is 6.92 Å². The number of benzene rings is 1. The first-order valence-electron chi connectivity index (χ1n) is 4.78. The van der Waals surface area contributed by atoms with Gasteiger partial charge >= 0.3 is 0 Å². The van der Waals surface area contributed by atoms with Crippen molar-refractivity contribution in [3.05, 3.63) is 46.8 Å². The van der Waals surface area contributed by atoms with Crippen molar-refractivity contribution in [2.75, 3.05) is 0 Å². The number of hydrogen-bond donors (Lipinski definition) is 1. The fraction of sp³-hybridized carbons (Fsp3) is 0.333. The molecule has 0 aliphatic carbocycles. The second-order valence-corrected chi connectivity index (χ2v) is 4.09. The van der Waals surface area contributed by atoms with Gasteiger partial charge in [-0.3, -0.25) is 0 Å². The highest BCUT2D eigenvalue weighted by Gasteiger charge is 2.09. The lowest BCUT2D eigenvalue weighted by molar-refractivity contribution is 0.167. The first-order chi connectivity index (χ1) is 7.00. The van der Waals surface area contributed by atoms with Gasteiger partial charge in [0.2, 0.25) is 0 Å². The first-order valence-corrected chi connectivity index (χ1v) is 5.16. The molecule has 1 aromatic carbocycles. The van der Waals surface area contributed by atoms with Crippen LogP contribution in [0.2, 0.25) is 5.02 Å². The van der Waals surface area contributed by atoms with Gasteiger partial charge in [-0.1, -0.05) is 23.2 Å². The van der Waals surface area contributed by atoms with Gasteiger partial charge in [0.1, 0.15) is 5.82 Å². The number of rotatable bonds is 4. The molecule has 82 valence electrons. The van der Waals surface area contributed by atoms with E-state index in [-0.39, 0.29) is 5.02 Å². The lowest BCUT2D eigenvalue weighted by Crippen LogP contribution is -1.98. The largest absolute Gasteiger partial charge is 0.388 e. The zero-order valence-electron chi connectivity index (χ0n) is 8.63. The van der Waals surface area contributed by atoms with Crippen LogP contribution in [0.5, 0.6) is 0 Å². The summed E-state index contributed by atoms with van der Waals surface area (Å²) in [5.74, 6) is -0.497. The Bertz CT molecular complexity index is 363. The monoisotopic (exact) mass is 228 g/mol. The maximum atomic E-state index is 13.1. The van der Waals surface area contributed by atoms with Crippen molar-refractivity contribution >= 4 is 11.6 Å². The lowest BCUT2D eigenvalue weighted by atomic mass is 10.0. The third kappa shape index (κ3) is 3.65. The summed E-state index contributed by atoms with van der Waals surface area (Å²) in [4.78, 5) is 0. The predicted molar refractivity (Wildman–Crippen MR) is 60.4 cm³/mol. The number of allylic oxidation sites excluding steroid dienone is 1. The van der Waals surface area contributed by atoms with E-state index in [1.165, 1.54) is 12.1 Å². The van der Waals surface area contributed by atoms with Crippen molar-refractivity contribution in [2.24, 2.45) is 0 Å². The van der Waals surface area contributed by atoms with Crippen LogP contribution in [0.15, 0.2) is 30.4 Å². The number of hydrogen-bond acceptors (Lipinski definition) is 1. The Morgan fingerprint density at radius 1 is 1.60 bits per heavy atom. The maximum Gasteiger partial charge on any atom is 0.142 e. The summed E-state index contributed by atoms with van der Waals surface area (Å²) >= 11 is 5.54. The number of halogens is 2. The van der Waals surface area contributed by atoms with Crippen LogP contribution in [-0.2, 0) is 0 Å². The number of aliphatic hydroxyl groups is 1. The molecule has 1 N–H and O–H groups in total. The molecule has 1 aromatic rings. The molecular weight excluding hydrogens is 215 g/mol. The van der Waals surface area contributed by atoms with E-state index < -0.39 is 11.9 Å². The smallest absolute Gasteiger partial charge is 0.142 e. The van der Waals surface area contributed by atoms with Crippen molar-refractivity contribution in [3.63, 3.8) is 0 Å². The molecule has 0 heterocycles. The average molecular weight is 229 g/mol. The molecule has 1 rings (SSSR count). The molecule has 0 spiro atoms. The van der Waals surface area contributed by atoms with E-state index in [9.17, 15) is 9.50 Å². The Morgan fingerprint density at radius 2 is 2.27 bits per heavy atom. The minimum atomic E-state index is -0.659. The molecule has 1 unspecified atom stereocenters. The molecule has 0 amide bonds. The minimum absolute atomic E-state index is 0.0749. The van der Waals surface area contributed by atoms with Gasteiger partial charge in [0, 0.05) is 0 Å². The molecule has 0 aliphatic heterocycles. The van der Waals surface area contributed by atoms with Crippen LogP contribution in [0.25, 0.3) is 0 Å². The Morgan fingerprint density at radius 3 is 2.80 bits per heavy atom. The molecule has 1 atom stereocenters. The second kappa shape index (κ2) is 5.29. The second-order valence-electron chi connectivity index (χ2n) is 3.69. The molecule has 1 nitrogen and oxygen atoms in total. The van der Waals surface area contributed by atoms with Gasteiger partial charge in [0.15, 0.2) is 0 Å². The molecule has 0 fully saturated rings. The molecular formula is C12H14ClFO. The zero-order chi connectivity index (χ0) is 11.4. The molecule has 0 radical (unpaired) electrons. The quantitative estimate of drug-likeness (QED) is 0.776. The topological polar surface area (TPSA) is 20.2 Å². The third-order valence-corrected chi connectivity index (χ3v) is 2.48. The first kappa shape index (κ1) is 12.2. The van der Waals surface area contributed by atoms with Gasteiger partial charge < -0.3 is 5.11 Å². The summed E-state index contributed by atoms with van der Waals surface area (Å²) in [5, 5.41) is 9.81. The van der Waals surface area contributed by atoms with Crippen LogP contribution in [0.3, 0.4) is 0 Å². The molecule has 0 saturated carbocycles. The molecule has 0 aromatic heterocycles. The van der Waals surface area contributed by atoms with Crippen LogP contribution in [0.4, 0.5) is 4.39 Å². The summed E-state index contributed by atoms with van der Waals surface area (Å²) in [6.45, 7) is 5.64. The summed E-state index contributed by atoms with van der Waals surface area (Å²) in [6, 6.07) is 4.36. The Hall–Kier alpha value is -0.860. The van der Waals surface area contributed by atoms with E-state index in [2.05, 4.69) is 6.58 Å².